The van der Waals surface area contributed by atoms with Crippen molar-refractivity contribution in [2.24, 2.45) is 5.92 Å². The first-order valence-electron chi connectivity index (χ1n) is 7.60. The molecule has 2 rings (SSSR count). The predicted molar refractivity (Wildman–Crippen MR) is 96.8 cm³/mol. The van der Waals surface area contributed by atoms with Crippen molar-refractivity contribution in [2.45, 2.75) is 27.2 Å². The number of aryl methyl sites for hydroxylation is 1. The van der Waals surface area contributed by atoms with Gasteiger partial charge in [0.05, 0.1) is 0 Å². The fourth-order valence-corrected chi connectivity index (χ4v) is 2.26. The van der Waals surface area contributed by atoms with Gasteiger partial charge in [-0.2, -0.15) is 0 Å². The average Bonchev–Trinajstić information content (AvgIpc) is 2.48. The molecule has 0 unspecified atom stereocenters. The number of amides is 1. The minimum absolute atomic E-state index is 0.246. The summed E-state index contributed by atoms with van der Waals surface area (Å²) in [6.45, 7) is 6.94. The van der Waals surface area contributed by atoms with E-state index in [2.05, 4.69) is 50.4 Å². The van der Waals surface area contributed by atoms with E-state index in [9.17, 15) is 4.79 Å². The molecule has 122 valence electrons. The van der Waals surface area contributed by atoms with Crippen LogP contribution in [0.5, 0.6) is 0 Å². The molecule has 0 spiro atoms. The minimum Gasteiger partial charge on any atom is -0.370 e. The molecule has 1 heterocycles. The van der Waals surface area contributed by atoms with Gasteiger partial charge in [-0.15, -0.1) is 0 Å². The Kier molecular flexibility index (Phi) is 6.10. The van der Waals surface area contributed by atoms with Crippen molar-refractivity contribution in [3.05, 3.63) is 46.3 Å². The number of nitrogens with one attached hydrogen (secondary N) is 2. The van der Waals surface area contributed by atoms with Crippen molar-refractivity contribution in [2.75, 3.05) is 17.2 Å². The lowest BCUT2D eigenvalue weighted by atomic mass is 10.1. The molecular formula is C17H21BrN4O. The van der Waals surface area contributed by atoms with Crippen LogP contribution in [0.1, 0.15) is 36.6 Å². The van der Waals surface area contributed by atoms with Gasteiger partial charge in [-0.05, 0) is 43.5 Å². The highest BCUT2D eigenvalue weighted by molar-refractivity contribution is 9.10. The number of halogens is 1. The Morgan fingerprint density at radius 1 is 1.22 bits per heavy atom. The summed E-state index contributed by atoms with van der Waals surface area (Å²) in [6.07, 6.45) is 1.05. The predicted octanol–water partition coefficient (Wildman–Crippen LogP) is 4.26. The van der Waals surface area contributed by atoms with E-state index < -0.39 is 0 Å². The molecule has 2 N–H and O–H groups in total. The van der Waals surface area contributed by atoms with Crippen LogP contribution < -0.4 is 10.6 Å². The van der Waals surface area contributed by atoms with Gasteiger partial charge in [-0.1, -0.05) is 29.8 Å². The Morgan fingerprint density at radius 3 is 2.57 bits per heavy atom. The van der Waals surface area contributed by atoms with Crippen LogP contribution in [0.2, 0.25) is 0 Å². The first-order valence-corrected chi connectivity index (χ1v) is 8.40. The highest BCUT2D eigenvalue weighted by atomic mass is 79.9. The Balaban J connectivity index is 2.07. The summed E-state index contributed by atoms with van der Waals surface area (Å²) in [4.78, 5) is 20.9. The molecule has 6 heteroatoms. The van der Waals surface area contributed by atoms with Gasteiger partial charge in [0.1, 0.15) is 17.3 Å². The number of nitrogens with zero attached hydrogens (tertiary/aromatic N) is 2. The first kappa shape index (κ1) is 17.4. The van der Waals surface area contributed by atoms with Gasteiger partial charge in [-0.3, -0.25) is 4.79 Å². The lowest BCUT2D eigenvalue weighted by molar-refractivity contribution is 0.102. The van der Waals surface area contributed by atoms with Gasteiger partial charge in [0.25, 0.3) is 5.91 Å². The summed E-state index contributed by atoms with van der Waals surface area (Å²) in [5.74, 6) is 1.62. The third kappa shape index (κ3) is 5.63. The van der Waals surface area contributed by atoms with Crippen LogP contribution in [0.25, 0.3) is 0 Å². The topological polar surface area (TPSA) is 66.9 Å². The molecule has 0 aliphatic carbocycles. The van der Waals surface area contributed by atoms with Crippen LogP contribution in [-0.2, 0) is 0 Å². The van der Waals surface area contributed by atoms with Crippen LogP contribution in [0, 0.1) is 12.8 Å². The molecule has 23 heavy (non-hydrogen) atoms. The monoisotopic (exact) mass is 376 g/mol. The smallest absolute Gasteiger partial charge is 0.274 e. The van der Waals surface area contributed by atoms with Crippen molar-refractivity contribution in [3.8, 4) is 0 Å². The zero-order valence-electron chi connectivity index (χ0n) is 13.6. The quantitative estimate of drug-likeness (QED) is 0.790. The third-order valence-corrected chi connectivity index (χ3v) is 3.73. The maximum absolute atomic E-state index is 12.3. The normalized spacial score (nSPS) is 10.7. The number of aromatic nitrogens is 2. The number of rotatable bonds is 6. The second-order valence-electron chi connectivity index (χ2n) is 5.76. The standard InChI is InChI=1S/C17H21BrN4O/c1-11(2)8-9-19-16-10-15(20-12(3)21-16)17(23)22-14-6-4-13(18)5-7-14/h4-7,10-11H,8-9H2,1-3H3,(H,22,23)(H,19,20,21). The lowest BCUT2D eigenvalue weighted by Crippen LogP contribution is -2.16. The van der Waals surface area contributed by atoms with Crippen LogP contribution >= 0.6 is 15.9 Å². The van der Waals surface area contributed by atoms with E-state index >= 15 is 0 Å². The number of hydrogen-bond acceptors (Lipinski definition) is 4. The molecule has 0 radical (unpaired) electrons. The molecule has 0 bridgehead atoms. The van der Waals surface area contributed by atoms with E-state index in [4.69, 9.17) is 0 Å². The highest BCUT2D eigenvalue weighted by Gasteiger charge is 2.11. The molecule has 2 aromatic rings. The van der Waals surface area contributed by atoms with Crippen molar-refractivity contribution >= 4 is 33.3 Å². The maximum atomic E-state index is 12.3. The molecule has 0 saturated carbocycles. The van der Waals surface area contributed by atoms with Gasteiger partial charge in [-0.25, -0.2) is 9.97 Å². The third-order valence-electron chi connectivity index (χ3n) is 3.20. The fourth-order valence-electron chi connectivity index (χ4n) is 1.99. The molecular weight excluding hydrogens is 356 g/mol. The lowest BCUT2D eigenvalue weighted by Gasteiger charge is -2.10. The number of carbonyl (C=O) groups is 1. The molecule has 0 aliphatic heterocycles. The Bertz CT molecular complexity index is 671. The number of hydrogen-bond donors (Lipinski definition) is 2. The summed E-state index contributed by atoms with van der Waals surface area (Å²) in [6, 6.07) is 9.09. The van der Waals surface area contributed by atoms with Gasteiger partial charge in [0.15, 0.2) is 0 Å². The second-order valence-corrected chi connectivity index (χ2v) is 6.67. The Morgan fingerprint density at radius 2 is 1.91 bits per heavy atom. The van der Waals surface area contributed by atoms with Crippen LogP contribution in [0.15, 0.2) is 34.8 Å². The van der Waals surface area contributed by atoms with Crippen molar-refractivity contribution in [3.63, 3.8) is 0 Å². The molecule has 0 aliphatic rings. The van der Waals surface area contributed by atoms with Gasteiger partial charge >= 0.3 is 0 Å². The van der Waals surface area contributed by atoms with E-state index in [0.717, 1.165) is 23.1 Å². The maximum Gasteiger partial charge on any atom is 0.274 e. The molecule has 1 amide bonds. The van der Waals surface area contributed by atoms with Crippen LogP contribution in [0.3, 0.4) is 0 Å². The summed E-state index contributed by atoms with van der Waals surface area (Å²) < 4.78 is 0.963. The fraction of sp³-hybridized carbons (Fsp3) is 0.353. The zero-order chi connectivity index (χ0) is 16.8. The van der Waals surface area contributed by atoms with Crippen LogP contribution in [0.4, 0.5) is 11.5 Å². The van der Waals surface area contributed by atoms with E-state index in [1.54, 1.807) is 13.0 Å². The summed E-state index contributed by atoms with van der Waals surface area (Å²) >= 11 is 3.37. The molecule has 1 aromatic heterocycles. The van der Waals surface area contributed by atoms with E-state index in [1.165, 1.54) is 0 Å². The van der Waals surface area contributed by atoms with E-state index in [-0.39, 0.29) is 5.91 Å². The molecule has 5 nitrogen and oxygen atoms in total. The number of anilines is 2. The van der Waals surface area contributed by atoms with Gasteiger partial charge in [0, 0.05) is 22.8 Å². The highest BCUT2D eigenvalue weighted by Crippen LogP contribution is 2.15. The van der Waals surface area contributed by atoms with Gasteiger partial charge < -0.3 is 10.6 Å². The zero-order valence-corrected chi connectivity index (χ0v) is 15.1. The Labute approximate surface area is 145 Å². The Hall–Kier alpha value is -1.95. The minimum atomic E-state index is -0.246. The van der Waals surface area contributed by atoms with Crippen LogP contribution in [-0.4, -0.2) is 22.4 Å². The van der Waals surface area contributed by atoms with E-state index in [1.807, 2.05) is 24.3 Å². The average molecular weight is 377 g/mol. The summed E-state index contributed by atoms with van der Waals surface area (Å²) in [7, 11) is 0. The summed E-state index contributed by atoms with van der Waals surface area (Å²) in [5.41, 5.74) is 1.08. The van der Waals surface area contributed by atoms with Crippen molar-refractivity contribution < 1.29 is 4.79 Å². The van der Waals surface area contributed by atoms with Crippen molar-refractivity contribution in [1.82, 2.24) is 9.97 Å². The SMILES string of the molecule is Cc1nc(NCCC(C)C)cc(C(=O)Nc2ccc(Br)cc2)n1. The second kappa shape index (κ2) is 8.06. The largest absolute Gasteiger partial charge is 0.370 e. The number of carbonyl (C=O) groups excluding carboxylic acids is 1. The van der Waals surface area contributed by atoms with Gasteiger partial charge in [0.2, 0.25) is 0 Å². The van der Waals surface area contributed by atoms with Crippen molar-refractivity contribution in [1.29, 1.82) is 0 Å². The molecule has 0 fully saturated rings. The molecule has 0 atom stereocenters. The number of benzene rings is 1. The molecule has 0 saturated heterocycles. The summed E-state index contributed by atoms with van der Waals surface area (Å²) in [5, 5.41) is 6.08. The van der Waals surface area contributed by atoms with E-state index in [0.29, 0.717) is 23.3 Å². The first-order chi connectivity index (χ1) is 10.9. The molecule has 1 aromatic carbocycles.